The van der Waals surface area contributed by atoms with Gasteiger partial charge in [0.05, 0.1) is 5.97 Å². The number of carboxylic acids is 1. The SMILES string of the molecule is CC1(N)CNCCNCC(C)(NCc2ccc(C(=O)[O-])cc2)CNCCNC1.O.O.O.O.O.[Co+3].[O-][Cl+3]([O-])([O-])[O-].[OH-]. The van der Waals surface area contributed by atoms with Gasteiger partial charge in [-0.1, -0.05) is 24.3 Å². The average Bonchev–Trinajstić information content (AvgIpc) is 2.70. The number of aromatic carboxylic acids is 1. The normalized spacial score (nSPS) is 21.4. The molecule has 2 rings (SSSR count). The molecule has 20 heteroatoms. The van der Waals surface area contributed by atoms with Gasteiger partial charge in [0.2, 0.25) is 0 Å². The predicted octanol–water partition coefficient (Wildman–Crippen LogP) is -11.1. The summed E-state index contributed by atoms with van der Waals surface area (Å²) in [5, 5.41) is 28.3. The summed E-state index contributed by atoms with van der Waals surface area (Å²) in [6.07, 6.45) is 0. The van der Waals surface area contributed by atoms with Crippen LogP contribution in [0.5, 0.6) is 0 Å². The van der Waals surface area contributed by atoms with E-state index in [-0.39, 0.29) is 66.3 Å². The molecule has 0 saturated carbocycles. The number of nitrogens with two attached hydrogens (primary N) is 1. The summed E-state index contributed by atoms with van der Waals surface area (Å²) in [6.45, 7) is 11.5. The molecule has 1 saturated heterocycles. The topological polar surface area (TPSA) is 406 Å². The third-order valence-corrected chi connectivity index (χ3v) is 4.95. The number of rotatable bonds is 4. The number of hydrogen-bond donors (Lipinski definition) is 6. The standard InChI is InChI=1S/C20H36N6O2.ClHO4.Co.6H2O/c1-19(21)12-22-7-9-24-14-20(2,15-25-10-8-23-13-19)26-11-16-3-5-17(6-4-16)18(27)28;2-1(3,4)5;;;;;;;/h3-6,22-26H,7-15,21H2,1-2H3,(H,27,28);(H,2,3,4,5);;6*1H2/q;;+3;;;;;;/p-3. The second kappa shape index (κ2) is 26.7. The maximum Gasteiger partial charge on any atom is 3.00 e. The van der Waals surface area contributed by atoms with Gasteiger partial charge in [-0.3, -0.25) is 0 Å². The van der Waals surface area contributed by atoms with Crippen LogP contribution >= 0.6 is 0 Å². The van der Waals surface area contributed by atoms with E-state index in [0.717, 1.165) is 57.9 Å². The van der Waals surface area contributed by atoms with Gasteiger partial charge in [-0.2, -0.15) is 0 Å². The first-order chi connectivity index (χ1) is 15.3. The maximum absolute atomic E-state index is 10.9. The van der Waals surface area contributed by atoms with Crippen molar-refractivity contribution in [2.24, 2.45) is 5.73 Å². The van der Waals surface area contributed by atoms with Gasteiger partial charge in [0, 0.05) is 70.0 Å². The summed E-state index contributed by atoms with van der Waals surface area (Å²) in [5.74, 6) is -1.15. The molecule has 0 unspecified atom stereocenters. The Hall–Kier alpha value is -1.15. The Kier molecular flexibility index (Phi) is 36.7. The molecule has 18 N–H and O–H groups in total. The van der Waals surface area contributed by atoms with Crippen molar-refractivity contribution in [3.8, 4) is 0 Å². The van der Waals surface area contributed by atoms with Crippen molar-refractivity contribution in [1.29, 1.82) is 0 Å². The van der Waals surface area contributed by atoms with Crippen LogP contribution in [0.1, 0.15) is 29.8 Å². The molecule has 0 bridgehead atoms. The van der Waals surface area contributed by atoms with Crippen molar-refractivity contribution in [2.45, 2.75) is 31.5 Å². The van der Waals surface area contributed by atoms with Crippen molar-refractivity contribution in [3.05, 3.63) is 35.4 Å². The smallest absolute Gasteiger partial charge is 0.870 e. The van der Waals surface area contributed by atoms with Crippen LogP contribution in [0.25, 0.3) is 0 Å². The second-order valence-electron chi connectivity index (χ2n) is 8.64. The first kappa shape index (κ1) is 54.9. The van der Waals surface area contributed by atoms with Crippen LogP contribution in [0.15, 0.2) is 24.3 Å². The molecule has 1 aliphatic heterocycles. The zero-order valence-electron chi connectivity index (χ0n) is 22.4. The van der Waals surface area contributed by atoms with Gasteiger partial charge in [-0.15, -0.1) is 10.2 Å². The molecule has 1 aromatic carbocycles. The van der Waals surface area contributed by atoms with E-state index in [1.807, 2.05) is 12.1 Å². The van der Waals surface area contributed by atoms with Gasteiger partial charge in [0.25, 0.3) is 0 Å². The quantitative estimate of drug-likeness (QED) is 0.175. The van der Waals surface area contributed by atoms with Gasteiger partial charge >= 0.3 is 16.8 Å². The van der Waals surface area contributed by atoms with Gasteiger partial charge in [-0.05, 0) is 25.0 Å². The van der Waals surface area contributed by atoms with E-state index in [1.165, 1.54) is 0 Å². The molecule has 0 aromatic heterocycles. The average molecular weight is 657 g/mol. The Balaban J connectivity index is -0.000000167. The summed E-state index contributed by atoms with van der Waals surface area (Å²) in [5.41, 5.74) is 7.12. The first-order valence-electron chi connectivity index (χ1n) is 10.6. The molecular weight excluding hydrogens is 611 g/mol. The number of benzene rings is 1. The number of nitrogens with one attached hydrogen (secondary N) is 5. The third-order valence-electron chi connectivity index (χ3n) is 4.95. The van der Waals surface area contributed by atoms with E-state index in [2.05, 4.69) is 40.4 Å². The summed E-state index contributed by atoms with van der Waals surface area (Å²) in [4.78, 5) is 10.9. The van der Waals surface area contributed by atoms with Crippen LogP contribution in [0.2, 0.25) is 0 Å². The van der Waals surface area contributed by atoms with Crippen molar-refractivity contribution < 1.29 is 88.4 Å². The number of hydrogen-bond acceptors (Lipinski definition) is 13. The molecule has 18 nitrogen and oxygen atoms in total. The molecule has 0 radical (unpaired) electrons. The van der Waals surface area contributed by atoms with Gasteiger partial charge < -0.3 is 75.1 Å². The molecule has 1 heterocycles. The van der Waals surface area contributed by atoms with Crippen LogP contribution in [0.3, 0.4) is 0 Å². The molecule has 244 valence electrons. The summed E-state index contributed by atoms with van der Waals surface area (Å²) in [7, 11) is -4.94. The molecule has 0 aliphatic carbocycles. The van der Waals surface area contributed by atoms with Crippen molar-refractivity contribution >= 4 is 5.97 Å². The minimum Gasteiger partial charge on any atom is -0.870 e. The number of halogens is 1. The van der Waals surface area contributed by atoms with Gasteiger partial charge in [0.1, 0.15) is 0 Å². The molecule has 1 aliphatic rings. The van der Waals surface area contributed by atoms with Gasteiger partial charge in [-0.25, -0.2) is 18.6 Å². The fourth-order valence-corrected chi connectivity index (χ4v) is 3.15. The van der Waals surface area contributed by atoms with E-state index >= 15 is 0 Å². The third kappa shape index (κ3) is 28.4. The van der Waals surface area contributed by atoms with Crippen LogP contribution in [-0.4, -0.2) is 102 Å². The number of carbonyl (C=O) groups is 1. The monoisotopic (exact) mass is 656 g/mol. The molecule has 0 atom stereocenters. The van der Waals surface area contributed by atoms with E-state index in [0.29, 0.717) is 6.54 Å². The molecule has 0 amide bonds. The maximum atomic E-state index is 10.9. The number of carboxylic acid groups (broad SMARTS) is 1. The second-order valence-corrected chi connectivity index (χ2v) is 9.39. The Morgan fingerprint density at radius 1 is 0.825 bits per heavy atom. The van der Waals surface area contributed by atoms with Gasteiger partial charge in [0.15, 0.2) is 0 Å². The first-order valence-corrected chi connectivity index (χ1v) is 11.8. The van der Waals surface area contributed by atoms with Crippen LogP contribution in [-0.2, 0) is 23.3 Å². The van der Waals surface area contributed by atoms with E-state index in [9.17, 15) is 9.90 Å². The molecule has 1 aromatic rings. The predicted molar refractivity (Wildman–Crippen MR) is 130 cm³/mol. The van der Waals surface area contributed by atoms with Crippen LogP contribution < -0.4 is 56.1 Å². The molecule has 40 heavy (non-hydrogen) atoms. The fourth-order valence-electron chi connectivity index (χ4n) is 3.15. The van der Waals surface area contributed by atoms with Crippen molar-refractivity contribution in [1.82, 2.24) is 26.6 Å². The van der Waals surface area contributed by atoms with Crippen LogP contribution in [0.4, 0.5) is 0 Å². The van der Waals surface area contributed by atoms with Crippen LogP contribution in [0, 0.1) is 10.2 Å². The van der Waals surface area contributed by atoms with E-state index < -0.39 is 16.2 Å². The summed E-state index contributed by atoms with van der Waals surface area (Å²) >= 11 is 0. The Morgan fingerprint density at radius 2 is 1.15 bits per heavy atom. The zero-order chi connectivity index (χ0) is 25.0. The number of carbonyl (C=O) groups excluding carboxylic acids is 1. The van der Waals surface area contributed by atoms with E-state index in [4.69, 9.17) is 24.4 Å². The Bertz CT molecular complexity index is 696. The van der Waals surface area contributed by atoms with Crippen molar-refractivity contribution in [2.75, 3.05) is 52.4 Å². The summed E-state index contributed by atoms with van der Waals surface area (Å²) < 4.78 is 34.0. The molecular formula is C20H46ClCoN6O12. The van der Waals surface area contributed by atoms with Crippen molar-refractivity contribution in [3.63, 3.8) is 0 Å². The molecule has 1 fully saturated rings. The Labute approximate surface area is 245 Å². The minimum absolute atomic E-state index is 0. The summed E-state index contributed by atoms with van der Waals surface area (Å²) in [6, 6.07) is 6.81. The largest absolute Gasteiger partial charge is 3.00 e. The van der Waals surface area contributed by atoms with E-state index in [1.54, 1.807) is 12.1 Å². The minimum atomic E-state index is -4.94. The Morgan fingerprint density at radius 3 is 1.48 bits per heavy atom. The molecule has 0 spiro atoms. The fraction of sp³-hybridized carbons (Fsp3) is 0.650. The zero-order valence-corrected chi connectivity index (χ0v) is 24.2.